The van der Waals surface area contributed by atoms with Gasteiger partial charge in [0.15, 0.2) is 10.9 Å². The first-order valence-electron chi connectivity index (χ1n) is 4.64. The van der Waals surface area contributed by atoms with E-state index in [1.54, 1.807) is 24.5 Å². The van der Waals surface area contributed by atoms with Crippen LogP contribution in [0.1, 0.15) is 17.3 Å². The van der Waals surface area contributed by atoms with Crippen LogP contribution in [0.2, 0.25) is 5.02 Å². The Balaban J connectivity index is 2.24. The monoisotopic (exact) mass is 252 g/mol. The molecule has 0 fully saturated rings. The molecular formula is C11H9ClN2OS. The van der Waals surface area contributed by atoms with Crippen molar-refractivity contribution >= 4 is 29.1 Å². The molecular weight excluding hydrogens is 244 g/mol. The Kier molecular flexibility index (Phi) is 3.31. The van der Waals surface area contributed by atoms with Gasteiger partial charge in [-0.1, -0.05) is 23.4 Å². The molecule has 1 aromatic carbocycles. The highest BCUT2D eigenvalue weighted by atomic mass is 35.5. The maximum Gasteiger partial charge on any atom is 0.170 e. The lowest BCUT2D eigenvalue weighted by Gasteiger charge is -2.02. The lowest BCUT2D eigenvalue weighted by molar-refractivity contribution is 0.101. The molecule has 0 saturated heterocycles. The molecule has 3 nitrogen and oxygen atoms in total. The summed E-state index contributed by atoms with van der Waals surface area (Å²) in [6.45, 7) is 1.50. The predicted molar refractivity (Wildman–Crippen MR) is 64.2 cm³/mol. The number of imidazole rings is 1. The summed E-state index contributed by atoms with van der Waals surface area (Å²) < 4.78 is 0. The summed E-state index contributed by atoms with van der Waals surface area (Å²) in [5.74, 6) is -0.0282. The van der Waals surface area contributed by atoms with Crippen LogP contribution >= 0.6 is 23.4 Å². The fraction of sp³-hybridized carbons (Fsp3) is 0.0909. The lowest BCUT2D eigenvalue weighted by atomic mass is 10.1. The average Bonchev–Trinajstić information content (AvgIpc) is 2.70. The number of carbonyl (C=O) groups is 1. The standard InChI is InChI=1S/C11H9ClN2OS/c1-7(15)9-3-2-8(6-10(9)12)16-11-13-4-5-14-11/h2-6H,1H3,(H,13,14). The van der Waals surface area contributed by atoms with Crippen molar-refractivity contribution in [1.82, 2.24) is 9.97 Å². The number of Topliss-reactive ketones (excluding diaryl/α,β-unsaturated/α-hetero) is 1. The van der Waals surface area contributed by atoms with Crippen molar-refractivity contribution in [2.24, 2.45) is 0 Å². The van der Waals surface area contributed by atoms with Gasteiger partial charge in [-0.25, -0.2) is 4.98 Å². The van der Waals surface area contributed by atoms with Crippen molar-refractivity contribution in [3.8, 4) is 0 Å². The van der Waals surface area contributed by atoms with Crippen molar-refractivity contribution in [2.45, 2.75) is 17.0 Å². The van der Waals surface area contributed by atoms with E-state index in [4.69, 9.17) is 11.6 Å². The number of nitrogens with one attached hydrogen (secondary N) is 1. The molecule has 0 aliphatic rings. The molecule has 0 aliphatic heterocycles. The second kappa shape index (κ2) is 4.72. The van der Waals surface area contributed by atoms with E-state index < -0.39 is 0 Å². The SMILES string of the molecule is CC(=O)c1ccc(Sc2ncc[nH]2)cc1Cl. The highest BCUT2D eigenvalue weighted by Gasteiger charge is 2.07. The van der Waals surface area contributed by atoms with E-state index in [1.807, 2.05) is 6.07 Å². The number of aromatic amines is 1. The zero-order chi connectivity index (χ0) is 11.5. The number of hydrogen-bond acceptors (Lipinski definition) is 3. The number of carbonyl (C=O) groups excluding carboxylic acids is 1. The normalized spacial score (nSPS) is 10.4. The smallest absolute Gasteiger partial charge is 0.170 e. The van der Waals surface area contributed by atoms with E-state index in [1.165, 1.54) is 18.7 Å². The average molecular weight is 253 g/mol. The van der Waals surface area contributed by atoms with Gasteiger partial charge in [-0.15, -0.1) is 0 Å². The number of benzene rings is 1. The Bertz CT molecular complexity index is 511. The molecule has 2 rings (SSSR count). The van der Waals surface area contributed by atoms with Gasteiger partial charge < -0.3 is 4.98 Å². The minimum atomic E-state index is -0.0282. The molecule has 0 saturated carbocycles. The third-order valence-electron chi connectivity index (χ3n) is 2.01. The number of H-pyrrole nitrogens is 1. The van der Waals surface area contributed by atoms with Crippen molar-refractivity contribution in [3.05, 3.63) is 41.2 Å². The number of nitrogens with zero attached hydrogens (tertiary/aromatic N) is 1. The van der Waals surface area contributed by atoms with Gasteiger partial charge in [0.2, 0.25) is 0 Å². The number of ketones is 1. The number of rotatable bonds is 3. The van der Waals surface area contributed by atoms with Gasteiger partial charge >= 0.3 is 0 Å². The minimum Gasteiger partial charge on any atom is -0.339 e. The van der Waals surface area contributed by atoms with Crippen LogP contribution < -0.4 is 0 Å². The van der Waals surface area contributed by atoms with Crippen LogP contribution in [0, 0.1) is 0 Å². The van der Waals surface area contributed by atoms with Gasteiger partial charge in [0.05, 0.1) is 5.02 Å². The van der Waals surface area contributed by atoms with Crippen LogP contribution in [0.4, 0.5) is 0 Å². The maximum absolute atomic E-state index is 11.2. The zero-order valence-electron chi connectivity index (χ0n) is 8.53. The molecule has 5 heteroatoms. The molecule has 0 amide bonds. The first-order valence-corrected chi connectivity index (χ1v) is 5.84. The molecule has 2 aromatic rings. The van der Waals surface area contributed by atoms with E-state index >= 15 is 0 Å². The molecule has 1 aromatic heterocycles. The molecule has 0 aliphatic carbocycles. The Hall–Kier alpha value is -1.26. The summed E-state index contributed by atoms with van der Waals surface area (Å²) in [5, 5.41) is 1.27. The van der Waals surface area contributed by atoms with Crippen molar-refractivity contribution in [3.63, 3.8) is 0 Å². The van der Waals surface area contributed by atoms with E-state index in [2.05, 4.69) is 9.97 Å². The molecule has 0 bridgehead atoms. The van der Waals surface area contributed by atoms with Crippen LogP contribution in [0.5, 0.6) is 0 Å². The van der Waals surface area contributed by atoms with Gasteiger partial charge in [0.25, 0.3) is 0 Å². The van der Waals surface area contributed by atoms with Crippen LogP contribution in [0.3, 0.4) is 0 Å². The van der Waals surface area contributed by atoms with Gasteiger partial charge in [-0.3, -0.25) is 4.79 Å². The second-order valence-corrected chi connectivity index (χ2v) is 4.66. The van der Waals surface area contributed by atoms with Gasteiger partial charge in [-0.05, 0) is 25.1 Å². The van der Waals surface area contributed by atoms with Crippen LogP contribution in [0.25, 0.3) is 0 Å². The van der Waals surface area contributed by atoms with Crippen LogP contribution in [0.15, 0.2) is 40.6 Å². The third-order valence-corrected chi connectivity index (χ3v) is 3.23. The Labute approximate surface area is 102 Å². The summed E-state index contributed by atoms with van der Waals surface area (Å²) in [6.07, 6.45) is 3.45. The summed E-state index contributed by atoms with van der Waals surface area (Å²) in [6, 6.07) is 5.36. The highest BCUT2D eigenvalue weighted by Crippen LogP contribution is 2.28. The zero-order valence-corrected chi connectivity index (χ0v) is 10.1. The first-order chi connectivity index (χ1) is 7.66. The number of hydrogen-bond donors (Lipinski definition) is 1. The topological polar surface area (TPSA) is 45.8 Å². The van der Waals surface area contributed by atoms with Crippen molar-refractivity contribution < 1.29 is 4.79 Å². The van der Waals surface area contributed by atoms with E-state index in [0.29, 0.717) is 10.6 Å². The molecule has 0 radical (unpaired) electrons. The minimum absolute atomic E-state index is 0.0282. The van der Waals surface area contributed by atoms with Crippen molar-refractivity contribution in [1.29, 1.82) is 0 Å². The Morgan fingerprint density at radius 2 is 2.31 bits per heavy atom. The van der Waals surface area contributed by atoms with E-state index in [9.17, 15) is 4.79 Å². The fourth-order valence-electron chi connectivity index (χ4n) is 1.26. The van der Waals surface area contributed by atoms with Gasteiger partial charge in [0, 0.05) is 22.9 Å². The van der Waals surface area contributed by atoms with E-state index in [0.717, 1.165) is 10.1 Å². The summed E-state index contributed by atoms with van der Waals surface area (Å²) in [4.78, 5) is 19.2. The quantitative estimate of drug-likeness (QED) is 0.852. The fourth-order valence-corrected chi connectivity index (χ4v) is 2.42. The molecule has 82 valence electrons. The summed E-state index contributed by atoms with van der Waals surface area (Å²) in [7, 11) is 0. The molecule has 16 heavy (non-hydrogen) atoms. The number of aromatic nitrogens is 2. The highest BCUT2D eigenvalue weighted by molar-refractivity contribution is 7.99. The molecule has 0 unspecified atom stereocenters. The third kappa shape index (κ3) is 2.46. The van der Waals surface area contributed by atoms with Gasteiger partial charge in [0.1, 0.15) is 0 Å². The molecule has 0 spiro atoms. The van der Waals surface area contributed by atoms with Gasteiger partial charge in [-0.2, -0.15) is 0 Å². The van der Waals surface area contributed by atoms with Crippen LogP contribution in [-0.4, -0.2) is 15.8 Å². The summed E-state index contributed by atoms with van der Waals surface area (Å²) >= 11 is 7.47. The summed E-state index contributed by atoms with van der Waals surface area (Å²) in [5.41, 5.74) is 0.547. The largest absolute Gasteiger partial charge is 0.339 e. The second-order valence-electron chi connectivity index (χ2n) is 3.19. The molecule has 1 N–H and O–H groups in total. The molecule has 0 atom stereocenters. The predicted octanol–water partition coefficient (Wildman–Crippen LogP) is 3.42. The van der Waals surface area contributed by atoms with E-state index in [-0.39, 0.29) is 5.78 Å². The maximum atomic E-state index is 11.2. The Morgan fingerprint density at radius 1 is 1.50 bits per heavy atom. The molecule has 1 heterocycles. The first kappa shape index (κ1) is 11.2. The lowest BCUT2D eigenvalue weighted by Crippen LogP contribution is -1.92. The van der Waals surface area contributed by atoms with Crippen LogP contribution in [-0.2, 0) is 0 Å². The number of halogens is 1. The Morgan fingerprint density at radius 3 is 2.88 bits per heavy atom. The van der Waals surface area contributed by atoms with Crippen molar-refractivity contribution in [2.75, 3.05) is 0 Å².